The van der Waals surface area contributed by atoms with Gasteiger partial charge in [0.1, 0.15) is 11.5 Å². The fourth-order valence-electron chi connectivity index (χ4n) is 2.23. The van der Waals surface area contributed by atoms with Crippen molar-refractivity contribution in [3.63, 3.8) is 0 Å². The minimum atomic E-state index is -1.65. The number of nitrogens with one attached hydrogen (secondary N) is 2. The van der Waals surface area contributed by atoms with E-state index >= 15 is 0 Å². The van der Waals surface area contributed by atoms with Crippen molar-refractivity contribution in [3.05, 3.63) is 77.1 Å². The summed E-state index contributed by atoms with van der Waals surface area (Å²) in [4.78, 5) is 20.2. The molecule has 2 aromatic carbocycles. The lowest BCUT2D eigenvalue weighted by molar-refractivity contribution is 0.102. The Kier molecular flexibility index (Phi) is 5.02. The molecule has 0 unspecified atom stereocenters. The quantitative estimate of drug-likeness (QED) is 0.525. The Morgan fingerprint density at radius 2 is 1.63 bits per heavy atom. The van der Waals surface area contributed by atoms with Gasteiger partial charge in [0, 0.05) is 5.69 Å². The fourth-order valence-corrected chi connectivity index (χ4v) is 2.23. The second-order valence-electron chi connectivity index (χ2n) is 5.50. The Hall–Kier alpha value is -3.49. The highest BCUT2D eigenvalue weighted by atomic mass is 19.2. The maximum absolute atomic E-state index is 13.8. The van der Waals surface area contributed by atoms with Crippen LogP contribution in [-0.4, -0.2) is 15.9 Å². The van der Waals surface area contributed by atoms with Gasteiger partial charge in [-0.2, -0.15) is 0 Å². The van der Waals surface area contributed by atoms with E-state index in [1.54, 1.807) is 13.0 Å². The van der Waals surface area contributed by atoms with Crippen molar-refractivity contribution in [2.24, 2.45) is 0 Å². The predicted molar refractivity (Wildman–Crippen MR) is 90.7 cm³/mol. The van der Waals surface area contributed by atoms with Gasteiger partial charge in [0.2, 0.25) is 5.95 Å². The molecule has 1 heterocycles. The van der Waals surface area contributed by atoms with E-state index in [9.17, 15) is 22.4 Å². The van der Waals surface area contributed by atoms with Crippen LogP contribution >= 0.6 is 0 Å². The summed E-state index contributed by atoms with van der Waals surface area (Å²) in [6, 6.07) is 8.61. The molecule has 0 fully saturated rings. The summed E-state index contributed by atoms with van der Waals surface area (Å²) in [6.45, 7) is 1.55. The summed E-state index contributed by atoms with van der Waals surface area (Å²) in [6.07, 6.45) is 0. The van der Waals surface area contributed by atoms with Crippen LogP contribution in [0.25, 0.3) is 0 Å². The molecule has 9 heteroatoms. The zero-order valence-electron chi connectivity index (χ0n) is 13.9. The van der Waals surface area contributed by atoms with Crippen molar-refractivity contribution in [2.45, 2.75) is 6.92 Å². The lowest BCUT2D eigenvalue weighted by Gasteiger charge is -2.10. The van der Waals surface area contributed by atoms with E-state index in [1.165, 1.54) is 24.3 Å². The highest BCUT2D eigenvalue weighted by Crippen LogP contribution is 2.22. The molecule has 5 nitrogen and oxygen atoms in total. The number of aryl methyl sites for hydroxylation is 1. The Morgan fingerprint density at radius 1 is 0.889 bits per heavy atom. The first-order valence-electron chi connectivity index (χ1n) is 7.67. The molecular formula is C18H12F4N4O. The van der Waals surface area contributed by atoms with Gasteiger partial charge in [-0.3, -0.25) is 4.79 Å². The molecule has 0 saturated carbocycles. The van der Waals surface area contributed by atoms with Crippen LogP contribution < -0.4 is 10.6 Å². The lowest BCUT2D eigenvalue weighted by Crippen LogP contribution is -2.16. The van der Waals surface area contributed by atoms with Crippen molar-refractivity contribution in [1.29, 1.82) is 0 Å². The van der Waals surface area contributed by atoms with Crippen LogP contribution in [0.4, 0.5) is 34.9 Å². The number of hydrogen-bond donors (Lipinski definition) is 2. The summed E-state index contributed by atoms with van der Waals surface area (Å²) in [5, 5.41) is 4.75. The third-order valence-electron chi connectivity index (χ3n) is 3.49. The molecule has 3 aromatic rings. The van der Waals surface area contributed by atoms with Gasteiger partial charge in [-0.25, -0.2) is 27.5 Å². The lowest BCUT2D eigenvalue weighted by atomic mass is 10.2. The monoisotopic (exact) mass is 376 g/mol. The molecule has 27 heavy (non-hydrogen) atoms. The summed E-state index contributed by atoms with van der Waals surface area (Å²) < 4.78 is 53.8. The smallest absolute Gasteiger partial charge is 0.274 e. The third kappa shape index (κ3) is 4.02. The van der Waals surface area contributed by atoms with E-state index in [0.29, 0.717) is 5.69 Å². The van der Waals surface area contributed by atoms with Crippen molar-refractivity contribution in [2.75, 3.05) is 10.6 Å². The number of hydrogen-bond acceptors (Lipinski definition) is 4. The molecule has 1 amide bonds. The number of carbonyl (C=O) groups is 1. The summed E-state index contributed by atoms with van der Waals surface area (Å²) in [5.41, 5.74) is -0.231. The van der Waals surface area contributed by atoms with E-state index < -0.39 is 34.9 Å². The first kappa shape index (κ1) is 18.3. The molecule has 0 aliphatic carbocycles. The number of amides is 1. The molecule has 1 aromatic heterocycles. The maximum atomic E-state index is 13.8. The second kappa shape index (κ2) is 7.40. The molecule has 0 atom stereocenters. The van der Waals surface area contributed by atoms with Gasteiger partial charge in [-0.15, -0.1) is 0 Å². The molecule has 0 aliphatic heterocycles. The first-order valence-corrected chi connectivity index (χ1v) is 7.67. The Morgan fingerprint density at radius 3 is 2.37 bits per heavy atom. The average Bonchev–Trinajstić information content (AvgIpc) is 2.63. The zero-order valence-corrected chi connectivity index (χ0v) is 13.9. The molecule has 3 rings (SSSR count). The van der Waals surface area contributed by atoms with Gasteiger partial charge in [0.25, 0.3) is 5.91 Å². The number of benzene rings is 2. The molecule has 0 aliphatic rings. The molecular weight excluding hydrogens is 364 g/mol. The van der Waals surface area contributed by atoms with Crippen molar-refractivity contribution < 1.29 is 22.4 Å². The number of halogens is 4. The standard InChI is InChI=1S/C18H12F4N4O/c1-9-8-14(17(27)24-12-5-3-2-4-10(12)19)26-18(23-9)25-13-7-6-11(20)15(21)16(13)22/h2-8H,1H3,(H,24,27)(H,23,25,26). The summed E-state index contributed by atoms with van der Waals surface area (Å²) in [5.74, 6) is -5.99. The average molecular weight is 376 g/mol. The van der Waals surface area contributed by atoms with Crippen LogP contribution in [-0.2, 0) is 0 Å². The summed E-state index contributed by atoms with van der Waals surface area (Å²) >= 11 is 0. The number of aromatic nitrogens is 2. The van der Waals surface area contributed by atoms with Crippen LogP contribution in [0, 0.1) is 30.2 Å². The van der Waals surface area contributed by atoms with Crippen molar-refractivity contribution in [3.8, 4) is 0 Å². The Labute approximate surface area is 151 Å². The van der Waals surface area contributed by atoms with Crippen LogP contribution in [0.2, 0.25) is 0 Å². The van der Waals surface area contributed by atoms with Crippen molar-refractivity contribution in [1.82, 2.24) is 9.97 Å². The van der Waals surface area contributed by atoms with Gasteiger partial charge in [-0.05, 0) is 37.3 Å². The van der Waals surface area contributed by atoms with Crippen LogP contribution in [0.3, 0.4) is 0 Å². The number of nitrogens with zero attached hydrogens (tertiary/aromatic N) is 2. The fraction of sp³-hybridized carbons (Fsp3) is 0.0556. The van der Waals surface area contributed by atoms with Gasteiger partial charge in [0.15, 0.2) is 17.5 Å². The van der Waals surface area contributed by atoms with Gasteiger partial charge in [0.05, 0.1) is 11.4 Å². The minimum absolute atomic E-state index is 0.0417. The third-order valence-corrected chi connectivity index (χ3v) is 3.49. The molecule has 2 N–H and O–H groups in total. The first-order chi connectivity index (χ1) is 12.8. The minimum Gasteiger partial charge on any atom is -0.322 e. The Balaban J connectivity index is 1.87. The predicted octanol–water partition coefficient (Wildman–Crippen LogP) is 4.34. The summed E-state index contributed by atoms with van der Waals surface area (Å²) in [7, 11) is 0. The number of carbonyl (C=O) groups excluding carboxylic acids is 1. The normalized spacial score (nSPS) is 10.6. The van der Waals surface area contributed by atoms with E-state index in [4.69, 9.17) is 0 Å². The Bertz CT molecular complexity index is 1030. The van der Waals surface area contributed by atoms with Crippen LogP contribution in [0.15, 0.2) is 42.5 Å². The highest BCUT2D eigenvalue weighted by Gasteiger charge is 2.16. The van der Waals surface area contributed by atoms with E-state index in [0.717, 1.165) is 12.1 Å². The van der Waals surface area contributed by atoms with Gasteiger partial charge < -0.3 is 10.6 Å². The molecule has 0 spiro atoms. The second-order valence-corrected chi connectivity index (χ2v) is 5.50. The molecule has 0 radical (unpaired) electrons. The SMILES string of the molecule is Cc1cc(C(=O)Nc2ccccc2F)nc(Nc2ccc(F)c(F)c2F)n1. The molecule has 0 saturated heterocycles. The van der Waals surface area contributed by atoms with E-state index in [2.05, 4.69) is 20.6 Å². The van der Waals surface area contributed by atoms with Gasteiger partial charge >= 0.3 is 0 Å². The topological polar surface area (TPSA) is 66.9 Å². The molecule has 138 valence electrons. The van der Waals surface area contributed by atoms with Crippen molar-refractivity contribution >= 4 is 23.2 Å². The number of para-hydroxylation sites is 1. The highest BCUT2D eigenvalue weighted by molar-refractivity contribution is 6.03. The maximum Gasteiger partial charge on any atom is 0.274 e. The zero-order chi connectivity index (χ0) is 19.6. The number of rotatable bonds is 4. The van der Waals surface area contributed by atoms with Crippen LogP contribution in [0.1, 0.15) is 16.2 Å². The van der Waals surface area contributed by atoms with Gasteiger partial charge in [-0.1, -0.05) is 12.1 Å². The van der Waals surface area contributed by atoms with E-state index in [1.807, 2.05) is 0 Å². The molecule has 0 bridgehead atoms. The number of anilines is 3. The van der Waals surface area contributed by atoms with Crippen LogP contribution in [0.5, 0.6) is 0 Å². The van der Waals surface area contributed by atoms with E-state index in [-0.39, 0.29) is 17.3 Å². The largest absolute Gasteiger partial charge is 0.322 e.